The largest absolute Gasteiger partial charge is 0.344 e. The van der Waals surface area contributed by atoms with Gasteiger partial charge in [0.15, 0.2) is 0 Å². The van der Waals surface area contributed by atoms with Gasteiger partial charge in [0.25, 0.3) is 0 Å². The van der Waals surface area contributed by atoms with Crippen molar-refractivity contribution in [3.8, 4) is 11.1 Å². The van der Waals surface area contributed by atoms with Gasteiger partial charge in [-0.25, -0.2) is 4.39 Å². The molecule has 3 saturated heterocycles. The number of nitrogens with one attached hydrogen (secondary N) is 1. The zero-order valence-corrected chi connectivity index (χ0v) is 17.9. The summed E-state index contributed by atoms with van der Waals surface area (Å²) in [5, 5.41) is 3.54. The Balaban J connectivity index is 1.47. The molecule has 0 radical (unpaired) electrons. The average Bonchev–Trinajstić information content (AvgIpc) is 3.45. The second-order valence-corrected chi connectivity index (χ2v) is 9.03. The maximum Gasteiger partial charge on any atom is 0.242 e. The van der Waals surface area contributed by atoms with E-state index in [0.29, 0.717) is 18.5 Å². The highest BCUT2D eigenvalue weighted by molar-refractivity contribution is 5.96. The van der Waals surface area contributed by atoms with E-state index in [9.17, 15) is 14.0 Å². The topological polar surface area (TPSA) is 65.5 Å². The van der Waals surface area contributed by atoms with Gasteiger partial charge in [-0.2, -0.15) is 0 Å². The molecule has 7 heteroatoms. The Bertz CT molecular complexity index is 1070. The maximum atomic E-state index is 14.8. The first kappa shape index (κ1) is 20.1. The fourth-order valence-electron chi connectivity index (χ4n) is 5.24. The molecule has 162 valence electrons. The molecule has 1 spiro atoms. The second kappa shape index (κ2) is 7.41. The minimum atomic E-state index is -0.494. The third kappa shape index (κ3) is 3.41. The first-order valence-corrected chi connectivity index (χ1v) is 11.0. The van der Waals surface area contributed by atoms with Gasteiger partial charge in [0, 0.05) is 43.5 Å². The Morgan fingerprint density at radius 2 is 2.00 bits per heavy atom. The lowest BCUT2D eigenvalue weighted by molar-refractivity contribution is -0.131. The maximum absolute atomic E-state index is 14.8. The Morgan fingerprint density at radius 3 is 2.71 bits per heavy atom. The van der Waals surface area contributed by atoms with E-state index in [4.69, 9.17) is 4.98 Å². The van der Waals surface area contributed by atoms with E-state index in [1.165, 1.54) is 6.07 Å². The van der Waals surface area contributed by atoms with Gasteiger partial charge >= 0.3 is 0 Å². The highest BCUT2D eigenvalue weighted by Crippen LogP contribution is 2.40. The molecular weight excluding hydrogens is 395 g/mol. The number of aryl methyl sites for hydroxylation is 1. The van der Waals surface area contributed by atoms with Crippen LogP contribution in [0.1, 0.15) is 49.5 Å². The summed E-state index contributed by atoms with van der Waals surface area (Å²) in [5.41, 5.74) is 3.07. The third-order valence-corrected chi connectivity index (χ3v) is 6.92. The van der Waals surface area contributed by atoms with Gasteiger partial charge in [0.2, 0.25) is 11.8 Å². The standard InChI is InChI=1S/C24H27FN4O2/c1-15-12-16(18-14-17(5-6-19(18)25)29-10-3-4-22(29)30)13-21(26-15)20-7-8-24(27-20)9-11-28(2)23(24)31/h5-6,12-14,20,27H,3-4,7-11H2,1-2H3/t20-,24+/m1/s1. The average molecular weight is 423 g/mol. The summed E-state index contributed by atoms with van der Waals surface area (Å²) in [6, 6.07) is 8.61. The summed E-state index contributed by atoms with van der Waals surface area (Å²) in [7, 11) is 1.84. The number of anilines is 1. The number of halogens is 1. The lowest BCUT2D eigenvalue weighted by atomic mass is 9.96. The van der Waals surface area contributed by atoms with Crippen molar-refractivity contribution in [2.45, 2.75) is 50.6 Å². The van der Waals surface area contributed by atoms with E-state index < -0.39 is 5.54 Å². The molecule has 31 heavy (non-hydrogen) atoms. The van der Waals surface area contributed by atoms with Gasteiger partial charge in [0.05, 0.1) is 11.7 Å². The van der Waals surface area contributed by atoms with Gasteiger partial charge in [-0.15, -0.1) is 0 Å². The van der Waals surface area contributed by atoms with Crippen LogP contribution < -0.4 is 10.2 Å². The number of likely N-dealkylation sites (N-methyl/N-ethyl adjacent to an activating group) is 1. The molecule has 0 bridgehead atoms. The Labute approximate surface area is 181 Å². The van der Waals surface area contributed by atoms with Crippen LogP contribution in [0.15, 0.2) is 30.3 Å². The van der Waals surface area contributed by atoms with Crippen molar-refractivity contribution in [2.24, 2.45) is 0 Å². The van der Waals surface area contributed by atoms with Crippen LogP contribution in [0.3, 0.4) is 0 Å². The van der Waals surface area contributed by atoms with E-state index in [0.717, 1.165) is 54.9 Å². The van der Waals surface area contributed by atoms with Crippen LogP contribution in [0.4, 0.5) is 10.1 Å². The second-order valence-electron chi connectivity index (χ2n) is 9.03. The van der Waals surface area contributed by atoms with Gasteiger partial charge in [-0.05, 0) is 68.5 Å². The fraction of sp³-hybridized carbons (Fsp3) is 0.458. The number of aromatic nitrogens is 1. The first-order chi connectivity index (χ1) is 14.9. The molecule has 6 nitrogen and oxygen atoms in total. The van der Waals surface area contributed by atoms with Crippen molar-refractivity contribution in [3.05, 3.63) is 47.5 Å². The lowest BCUT2D eigenvalue weighted by Crippen LogP contribution is -2.47. The van der Waals surface area contributed by atoms with Gasteiger partial charge < -0.3 is 9.80 Å². The van der Waals surface area contributed by atoms with E-state index in [1.807, 2.05) is 26.1 Å². The van der Waals surface area contributed by atoms with Crippen LogP contribution in [0.2, 0.25) is 0 Å². The number of amides is 2. The molecule has 3 aliphatic rings. The molecular formula is C24H27FN4O2. The summed E-state index contributed by atoms with van der Waals surface area (Å²) in [6.07, 6.45) is 3.77. The number of carbonyl (C=O) groups is 2. The van der Waals surface area contributed by atoms with Gasteiger partial charge in [-0.1, -0.05) is 0 Å². The molecule has 3 aliphatic heterocycles. The van der Waals surface area contributed by atoms with Crippen LogP contribution >= 0.6 is 0 Å². The van der Waals surface area contributed by atoms with Crippen LogP contribution in [0, 0.1) is 12.7 Å². The van der Waals surface area contributed by atoms with Crippen molar-refractivity contribution >= 4 is 17.5 Å². The highest BCUT2D eigenvalue weighted by atomic mass is 19.1. The molecule has 2 aromatic rings. The normalized spacial score (nSPS) is 26.0. The summed E-state index contributed by atoms with van der Waals surface area (Å²) in [4.78, 5) is 33.0. The monoisotopic (exact) mass is 422 g/mol. The zero-order valence-electron chi connectivity index (χ0n) is 17.9. The van der Waals surface area contributed by atoms with E-state index in [-0.39, 0.29) is 23.7 Å². The minimum absolute atomic E-state index is 0.0412. The van der Waals surface area contributed by atoms with Crippen molar-refractivity contribution in [2.75, 3.05) is 25.0 Å². The Kier molecular flexibility index (Phi) is 4.81. The smallest absolute Gasteiger partial charge is 0.242 e. The summed E-state index contributed by atoms with van der Waals surface area (Å²) >= 11 is 0. The number of pyridine rings is 1. The Morgan fingerprint density at radius 1 is 1.16 bits per heavy atom. The molecule has 1 aromatic heterocycles. The predicted octanol–water partition coefficient (Wildman–Crippen LogP) is 3.35. The number of benzene rings is 1. The van der Waals surface area contributed by atoms with E-state index in [2.05, 4.69) is 5.32 Å². The molecule has 0 unspecified atom stereocenters. The molecule has 0 saturated carbocycles. The number of nitrogens with zero attached hydrogens (tertiary/aromatic N) is 3. The number of carbonyl (C=O) groups excluding carboxylic acids is 2. The molecule has 1 N–H and O–H groups in total. The molecule has 1 aromatic carbocycles. The third-order valence-electron chi connectivity index (χ3n) is 6.92. The number of hydrogen-bond acceptors (Lipinski definition) is 4. The van der Waals surface area contributed by atoms with Crippen molar-refractivity contribution in [1.29, 1.82) is 0 Å². The van der Waals surface area contributed by atoms with Crippen molar-refractivity contribution < 1.29 is 14.0 Å². The molecule has 2 atom stereocenters. The highest BCUT2D eigenvalue weighted by Gasteiger charge is 2.50. The van der Waals surface area contributed by atoms with E-state index in [1.54, 1.807) is 21.9 Å². The quantitative estimate of drug-likeness (QED) is 0.824. The number of likely N-dealkylation sites (tertiary alicyclic amines) is 1. The lowest BCUT2D eigenvalue weighted by Gasteiger charge is -2.23. The summed E-state index contributed by atoms with van der Waals surface area (Å²) in [6.45, 7) is 3.33. The van der Waals surface area contributed by atoms with Crippen LogP contribution in [0.5, 0.6) is 0 Å². The van der Waals surface area contributed by atoms with Crippen molar-refractivity contribution in [1.82, 2.24) is 15.2 Å². The minimum Gasteiger partial charge on any atom is -0.344 e. The number of hydrogen-bond donors (Lipinski definition) is 1. The zero-order chi connectivity index (χ0) is 21.8. The molecule has 0 aliphatic carbocycles. The summed E-state index contributed by atoms with van der Waals surface area (Å²) < 4.78 is 14.8. The molecule has 4 heterocycles. The fourth-order valence-corrected chi connectivity index (χ4v) is 5.24. The van der Waals surface area contributed by atoms with Gasteiger partial charge in [0.1, 0.15) is 11.4 Å². The Hall–Kier alpha value is -2.80. The first-order valence-electron chi connectivity index (χ1n) is 11.0. The van der Waals surface area contributed by atoms with E-state index >= 15 is 0 Å². The van der Waals surface area contributed by atoms with Crippen LogP contribution in [-0.4, -0.2) is 47.4 Å². The van der Waals surface area contributed by atoms with Gasteiger partial charge in [-0.3, -0.25) is 19.9 Å². The summed E-state index contributed by atoms with van der Waals surface area (Å²) in [5.74, 6) is -0.0943. The molecule has 2 amide bonds. The SMILES string of the molecule is Cc1cc(-c2cc(N3CCCC3=O)ccc2F)cc([C@H]2CC[C@@]3(CCN(C)C3=O)N2)n1. The van der Waals surface area contributed by atoms with Crippen LogP contribution in [-0.2, 0) is 9.59 Å². The van der Waals surface area contributed by atoms with Crippen LogP contribution in [0.25, 0.3) is 11.1 Å². The molecule has 3 fully saturated rings. The predicted molar refractivity (Wildman–Crippen MR) is 116 cm³/mol. The molecule has 5 rings (SSSR count). The number of rotatable bonds is 3. The van der Waals surface area contributed by atoms with Crippen molar-refractivity contribution in [3.63, 3.8) is 0 Å².